The van der Waals surface area contributed by atoms with Crippen LogP contribution in [0, 0.1) is 41.4 Å². The van der Waals surface area contributed by atoms with Crippen molar-refractivity contribution in [2.75, 3.05) is 33.0 Å². The predicted octanol–water partition coefficient (Wildman–Crippen LogP) is 6.31. The SMILES string of the molecule is CC(C)CC(COCC(COCC(COC(C)C)C(C)C)C(C)C)C(C)C. The van der Waals surface area contributed by atoms with Crippen LogP contribution in [0.5, 0.6) is 0 Å². The molecule has 0 saturated carbocycles. The second kappa shape index (κ2) is 14.8. The molecule has 0 N–H and O–H groups in total. The van der Waals surface area contributed by atoms with Crippen molar-refractivity contribution < 1.29 is 14.2 Å². The van der Waals surface area contributed by atoms with Gasteiger partial charge in [0.25, 0.3) is 0 Å². The zero-order valence-electron chi connectivity index (χ0n) is 20.1. The summed E-state index contributed by atoms with van der Waals surface area (Å²) in [7, 11) is 0. The van der Waals surface area contributed by atoms with Crippen LogP contribution >= 0.6 is 0 Å². The smallest absolute Gasteiger partial charge is 0.0522 e. The van der Waals surface area contributed by atoms with Crippen LogP contribution in [-0.4, -0.2) is 39.1 Å². The summed E-state index contributed by atoms with van der Waals surface area (Å²) < 4.78 is 18.1. The van der Waals surface area contributed by atoms with Crippen molar-refractivity contribution in [1.82, 2.24) is 0 Å². The van der Waals surface area contributed by atoms with E-state index in [4.69, 9.17) is 14.2 Å². The maximum atomic E-state index is 6.16. The van der Waals surface area contributed by atoms with Crippen molar-refractivity contribution in [2.24, 2.45) is 41.4 Å². The number of rotatable bonds is 16. The summed E-state index contributed by atoms with van der Waals surface area (Å²) in [6, 6.07) is 0. The Morgan fingerprint density at radius 3 is 1.19 bits per heavy atom. The molecule has 0 aliphatic rings. The Labute approximate surface area is 170 Å². The van der Waals surface area contributed by atoms with Gasteiger partial charge in [-0.05, 0) is 49.9 Å². The lowest BCUT2D eigenvalue weighted by Gasteiger charge is -2.27. The van der Waals surface area contributed by atoms with Crippen molar-refractivity contribution in [3.63, 3.8) is 0 Å². The molecule has 0 aromatic heterocycles. The largest absolute Gasteiger partial charge is 0.381 e. The molecule has 0 amide bonds. The minimum absolute atomic E-state index is 0.280. The fraction of sp³-hybridized carbons (Fsp3) is 1.00. The average molecular weight is 387 g/mol. The molecule has 3 atom stereocenters. The van der Waals surface area contributed by atoms with Gasteiger partial charge in [-0.2, -0.15) is 0 Å². The summed E-state index contributed by atoms with van der Waals surface area (Å²) >= 11 is 0. The monoisotopic (exact) mass is 386 g/mol. The Morgan fingerprint density at radius 1 is 0.481 bits per heavy atom. The van der Waals surface area contributed by atoms with E-state index in [1.165, 1.54) is 6.42 Å². The number of hydrogen-bond acceptors (Lipinski definition) is 3. The van der Waals surface area contributed by atoms with E-state index in [0.717, 1.165) is 39.0 Å². The lowest BCUT2D eigenvalue weighted by Crippen LogP contribution is -2.28. The van der Waals surface area contributed by atoms with Crippen LogP contribution in [0.4, 0.5) is 0 Å². The number of ether oxygens (including phenoxy) is 3. The average Bonchev–Trinajstić information content (AvgIpc) is 2.53. The molecule has 0 heterocycles. The summed E-state index contributed by atoms with van der Waals surface area (Å²) in [4.78, 5) is 0. The van der Waals surface area contributed by atoms with Gasteiger partial charge in [-0.25, -0.2) is 0 Å². The molecule has 164 valence electrons. The third-order valence-corrected chi connectivity index (χ3v) is 5.57. The Bertz CT molecular complexity index is 337. The van der Waals surface area contributed by atoms with Gasteiger partial charge in [-0.1, -0.05) is 55.4 Å². The minimum Gasteiger partial charge on any atom is -0.381 e. The molecular weight excluding hydrogens is 336 g/mol. The molecule has 0 spiro atoms. The van der Waals surface area contributed by atoms with Crippen molar-refractivity contribution in [1.29, 1.82) is 0 Å². The van der Waals surface area contributed by atoms with Gasteiger partial charge in [-0.3, -0.25) is 0 Å². The van der Waals surface area contributed by atoms with E-state index < -0.39 is 0 Å². The molecule has 3 heteroatoms. The summed E-state index contributed by atoms with van der Waals surface area (Å²) in [6.45, 7) is 26.4. The van der Waals surface area contributed by atoms with Crippen molar-refractivity contribution >= 4 is 0 Å². The van der Waals surface area contributed by atoms with E-state index in [0.29, 0.717) is 35.5 Å². The van der Waals surface area contributed by atoms with Crippen LogP contribution in [0.2, 0.25) is 0 Å². The van der Waals surface area contributed by atoms with Gasteiger partial charge in [-0.15, -0.1) is 0 Å². The van der Waals surface area contributed by atoms with Gasteiger partial charge in [0.1, 0.15) is 0 Å². The minimum atomic E-state index is 0.280. The Kier molecular flexibility index (Phi) is 14.8. The molecule has 0 radical (unpaired) electrons. The zero-order valence-corrected chi connectivity index (χ0v) is 20.1. The topological polar surface area (TPSA) is 27.7 Å². The van der Waals surface area contributed by atoms with E-state index in [1.54, 1.807) is 0 Å². The molecule has 0 saturated heterocycles. The van der Waals surface area contributed by atoms with Gasteiger partial charge in [0.15, 0.2) is 0 Å². The van der Waals surface area contributed by atoms with Gasteiger partial charge in [0.05, 0.1) is 32.5 Å². The Hall–Kier alpha value is -0.120. The summed E-state index contributed by atoms with van der Waals surface area (Å²) in [5.74, 6) is 4.10. The zero-order chi connectivity index (χ0) is 21.0. The van der Waals surface area contributed by atoms with E-state index in [-0.39, 0.29) is 6.10 Å². The highest BCUT2D eigenvalue weighted by atomic mass is 16.5. The third-order valence-electron chi connectivity index (χ3n) is 5.57. The highest BCUT2D eigenvalue weighted by Crippen LogP contribution is 2.22. The first-order valence-electron chi connectivity index (χ1n) is 11.3. The number of hydrogen-bond donors (Lipinski definition) is 0. The van der Waals surface area contributed by atoms with E-state index in [1.807, 2.05) is 0 Å². The van der Waals surface area contributed by atoms with Gasteiger partial charge >= 0.3 is 0 Å². The van der Waals surface area contributed by atoms with Gasteiger partial charge in [0.2, 0.25) is 0 Å². The first kappa shape index (κ1) is 26.9. The van der Waals surface area contributed by atoms with Crippen molar-refractivity contribution in [3.8, 4) is 0 Å². The van der Waals surface area contributed by atoms with Crippen LogP contribution in [-0.2, 0) is 14.2 Å². The van der Waals surface area contributed by atoms with Crippen LogP contribution in [0.25, 0.3) is 0 Å². The molecule has 0 bridgehead atoms. The normalized spacial score (nSPS) is 16.1. The highest BCUT2D eigenvalue weighted by Gasteiger charge is 2.20. The van der Waals surface area contributed by atoms with Gasteiger partial charge < -0.3 is 14.2 Å². The summed E-state index contributed by atoms with van der Waals surface area (Å²) in [5.41, 5.74) is 0. The molecule has 3 unspecified atom stereocenters. The molecule has 27 heavy (non-hydrogen) atoms. The fourth-order valence-corrected chi connectivity index (χ4v) is 3.06. The fourth-order valence-electron chi connectivity index (χ4n) is 3.06. The van der Waals surface area contributed by atoms with E-state index in [2.05, 4.69) is 69.2 Å². The molecule has 0 aliphatic carbocycles. The quantitative estimate of drug-likeness (QED) is 0.311. The molecule has 0 aromatic rings. The summed E-state index contributed by atoms with van der Waals surface area (Å²) in [5, 5.41) is 0. The van der Waals surface area contributed by atoms with Crippen LogP contribution in [0.15, 0.2) is 0 Å². The Morgan fingerprint density at radius 2 is 0.852 bits per heavy atom. The Balaban J connectivity index is 4.35. The van der Waals surface area contributed by atoms with Gasteiger partial charge in [0, 0.05) is 18.4 Å². The maximum absolute atomic E-state index is 6.16. The van der Waals surface area contributed by atoms with Crippen molar-refractivity contribution in [3.05, 3.63) is 0 Å². The second-order valence-corrected chi connectivity index (χ2v) is 10.1. The summed E-state index contributed by atoms with van der Waals surface area (Å²) in [6.07, 6.45) is 1.52. The molecule has 0 fully saturated rings. The van der Waals surface area contributed by atoms with Crippen LogP contribution in [0.1, 0.15) is 75.7 Å². The molecule has 3 nitrogen and oxygen atoms in total. The lowest BCUT2D eigenvalue weighted by atomic mass is 9.88. The lowest BCUT2D eigenvalue weighted by molar-refractivity contribution is -0.0298. The standard InChI is InChI=1S/C24H50O3/c1-17(2)11-22(18(3)4)12-25-13-23(19(5)6)14-26-15-24(20(7)8)16-27-21(9)10/h17-24H,11-16H2,1-10H3. The van der Waals surface area contributed by atoms with Crippen LogP contribution < -0.4 is 0 Å². The van der Waals surface area contributed by atoms with Crippen LogP contribution in [0.3, 0.4) is 0 Å². The second-order valence-electron chi connectivity index (χ2n) is 10.1. The van der Waals surface area contributed by atoms with E-state index in [9.17, 15) is 0 Å². The molecule has 0 aliphatic heterocycles. The van der Waals surface area contributed by atoms with E-state index >= 15 is 0 Å². The van der Waals surface area contributed by atoms with Crippen molar-refractivity contribution in [2.45, 2.75) is 81.8 Å². The maximum Gasteiger partial charge on any atom is 0.0522 e. The molecular formula is C24H50O3. The third kappa shape index (κ3) is 13.7. The first-order chi connectivity index (χ1) is 12.5. The predicted molar refractivity (Wildman–Crippen MR) is 117 cm³/mol. The molecule has 0 rings (SSSR count). The molecule has 0 aromatic carbocycles. The highest BCUT2D eigenvalue weighted by molar-refractivity contribution is 4.68. The first-order valence-corrected chi connectivity index (χ1v) is 11.3.